The largest absolute Gasteiger partial charge is 0.508 e. The van der Waals surface area contributed by atoms with Gasteiger partial charge < -0.3 is 14.9 Å². The van der Waals surface area contributed by atoms with Crippen LogP contribution in [0.15, 0.2) is 28.8 Å². The highest BCUT2D eigenvalue weighted by molar-refractivity contribution is 5.55. The van der Waals surface area contributed by atoms with Gasteiger partial charge in [0.1, 0.15) is 5.75 Å². The molecule has 0 aliphatic heterocycles. The van der Waals surface area contributed by atoms with E-state index in [1.54, 1.807) is 24.3 Å². The molecule has 0 saturated carbocycles. The van der Waals surface area contributed by atoms with Crippen molar-refractivity contribution in [1.29, 1.82) is 0 Å². The van der Waals surface area contributed by atoms with Crippen LogP contribution in [0.1, 0.15) is 26.7 Å². The van der Waals surface area contributed by atoms with Crippen LogP contribution in [-0.2, 0) is 5.54 Å². The Bertz CT molecular complexity index is 517. The SMILES string of the molecule is CCNC(C)(C)c1nc(-c2ccc(O)cc2)no1. The van der Waals surface area contributed by atoms with Crippen LogP contribution in [0.4, 0.5) is 0 Å². The van der Waals surface area contributed by atoms with Gasteiger partial charge in [0.15, 0.2) is 0 Å². The molecule has 0 radical (unpaired) electrons. The van der Waals surface area contributed by atoms with Crippen molar-refractivity contribution in [3.63, 3.8) is 0 Å². The Morgan fingerprint density at radius 2 is 1.94 bits per heavy atom. The van der Waals surface area contributed by atoms with E-state index in [1.165, 1.54) is 0 Å². The lowest BCUT2D eigenvalue weighted by atomic mass is 10.1. The van der Waals surface area contributed by atoms with Gasteiger partial charge in [-0.3, -0.25) is 0 Å². The minimum atomic E-state index is -0.350. The third-order valence-corrected chi connectivity index (χ3v) is 2.70. The predicted molar refractivity (Wildman–Crippen MR) is 68.1 cm³/mol. The summed E-state index contributed by atoms with van der Waals surface area (Å²) in [5.74, 6) is 1.29. The van der Waals surface area contributed by atoms with Crippen LogP contribution in [0.2, 0.25) is 0 Å². The minimum Gasteiger partial charge on any atom is -0.508 e. The monoisotopic (exact) mass is 247 g/mol. The quantitative estimate of drug-likeness (QED) is 0.867. The molecule has 1 aromatic heterocycles. The van der Waals surface area contributed by atoms with E-state index >= 15 is 0 Å². The van der Waals surface area contributed by atoms with Gasteiger partial charge in [0.2, 0.25) is 11.7 Å². The lowest BCUT2D eigenvalue weighted by Gasteiger charge is -2.20. The Hall–Kier alpha value is -1.88. The first-order chi connectivity index (χ1) is 8.53. The Balaban J connectivity index is 2.28. The van der Waals surface area contributed by atoms with Crippen molar-refractivity contribution >= 4 is 0 Å². The van der Waals surface area contributed by atoms with Crippen molar-refractivity contribution in [2.45, 2.75) is 26.3 Å². The smallest absolute Gasteiger partial charge is 0.246 e. The molecule has 5 nitrogen and oxygen atoms in total. The summed E-state index contributed by atoms with van der Waals surface area (Å²) < 4.78 is 5.28. The molecule has 0 aliphatic rings. The van der Waals surface area contributed by atoms with Crippen LogP contribution in [0.3, 0.4) is 0 Å². The van der Waals surface area contributed by atoms with Gasteiger partial charge in [0.05, 0.1) is 5.54 Å². The van der Waals surface area contributed by atoms with E-state index in [4.69, 9.17) is 4.52 Å². The van der Waals surface area contributed by atoms with Gasteiger partial charge in [-0.25, -0.2) is 0 Å². The van der Waals surface area contributed by atoms with Gasteiger partial charge >= 0.3 is 0 Å². The maximum absolute atomic E-state index is 9.23. The first-order valence-electron chi connectivity index (χ1n) is 5.91. The second-order valence-corrected chi connectivity index (χ2v) is 4.63. The number of hydrogen-bond donors (Lipinski definition) is 2. The Labute approximate surface area is 106 Å². The highest BCUT2D eigenvalue weighted by Gasteiger charge is 2.26. The molecule has 1 aromatic carbocycles. The second kappa shape index (κ2) is 4.78. The lowest BCUT2D eigenvalue weighted by molar-refractivity contribution is 0.272. The van der Waals surface area contributed by atoms with Crippen LogP contribution in [0.5, 0.6) is 5.75 Å². The highest BCUT2D eigenvalue weighted by atomic mass is 16.5. The Kier molecular flexibility index (Phi) is 3.34. The summed E-state index contributed by atoms with van der Waals surface area (Å²) in [5.41, 5.74) is 0.465. The predicted octanol–water partition coefficient (Wildman–Crippen LogP) is 2.29. The maximum Gasteiger partial charge on any atom is 0.246 e. The molecule has 0 fully saturated rings. The lowest BCUT2D eigenvalue weighted by Crippen LogP contribution is -2.36. The molecule has 5 heteroatoms. The maximum atomic E-state index is 9.23. The molecule has 0 unspecified atom stereocenters. The molecule has 0 amide bonds. The van der Waals surface area contributed by atoms with E-state index in [-0.39, 0.29) is 11.3 Å². The molecule has 96 valence electrons. The molecule has 0 saturated heterocycles. The first-order valence-corrected chi connectivity index (χ1v) is 5.91. The van der Waals surface area contributed by atoms with Crippen LogP contribution in [-0.4, -0.2) is 21.8 Å². The highest BCUT2D eigenvalue weighted by Crippen LogP contribution is 2.23. The number of phenols is 1. The summed E-state index contributed by atoms with van der Waals surface area (Å²) >= 11 is 0. The molecule has 18 heavy (non-hydrogen) atoms. The van der Waals surface area contributed by atoms with Crippen molar-refractivity contribution in [2.24, 2.45) is 0 Å². The molecular weight excluding hydrogens is 230 g/mol. The molecule has 0 atom stereocenters. The molecule has 2 rings (SSSR count). The average Bonchev–Trinajstić information content (AvgIpc) is 2.80. The fourth-order valence-corrected chi connectivity index (χ4v) is 1.72. The fourth-order valence-electron chi connectivity index (χ4n) is 1.72. The van der Waals surface area contributed by atoms with Crippen molar-refractivity contribution in [3.05, 3.63) is 30.2 Å². The van der Waals surface area contributed by atoms with Gasteiger partial charge in [0, 0.05) is 5.56 Å². The summed E-state index contributed by atoms with van der Waals surface area (Å²) in [5, 5.41) is 16.5. The van der Waals surface area contributed by atoms with Crippen molar-refractivity contribution in [2.75, 3.05) is 6.54 Å². The van der Waals surface area contributed by atoms with Gasteiger partial charge in [-0.05, 0) is 44.7 Å². The number of phenolic OH excluding ortho intramolecular Hbond substituents is 1. The Morgan fingerprint density at radius 3 is 2.56 bits per heavy atom. The van der Waals surface area contributed by atoms with E-state index in [1.807, 2.05) is 20.8 Å². The zero-order valence-corrected chi connectivity index (χ0v) is 10.8. The van der Waals surface area contributed by atoms with Gasteiger partial charge in [-0.2, -0.15) is 4.98 Å². The molecule has 1 heterocycles. The van der Waals surface area contributed by atoms with E-state index in [0.29, 0.717) is 11.7 Å². The van der Waals surface area contributed by atoms with Crippen molar-refractivity contribution < 1.29 is 9.63 Å². The average molecular weight is 247 g/mol. The normalized spacial score (nSPS) is 11.7. The number of aromatic nitrogens is 2. The van der Waals surface area contributed by atoms with Crippen LogP contribution >= 0.6 is 0 Å². The minimum absolute atomic E-state index is 0.218. The summed E-state index contributed by atoms with van der Waals surface area (Å²) in [6, 6.07) is 6.70. The second-order valence-electron chi connectivity index (χ2n) is 4.63. The molecule has 0 bridgehead atoms. The summed E-state index contributed by atoms with van der Waals surface area (Å²) in [7, 11) is 0. The third-order valence-electron chi connectivity index (χ3n) is 2.70. The molecule has 0 aliphatic carbocycles. The summed E-state index contributed by atoms with van der Waals surface area (Å²) in [6.07, 6.45) is 0. The van der Waals surface area contributed by atoms with E-state index < -0.39 is 0 Å². The molecular formula is C13H17N3O2. The number of aromatic hydroxyl groups is 1. The standard InChI is InChI=1S/C13H17N3O2/c1-4-14-13(2,3)12-15-11(16-18-12)9-5-7-10(17)8-6-9/h5-8,14,17H,4H2,1-3H3. The van der Waals surface area contributed by atoms with Crippen molar-refractivity contribution in [3.8, 4) is 17.1 Å². The number of hydrogen-bond acceptors (Lipinski definition) is 5. The topological polar surface area (TPSA) is 71.2 Å². The van der Waals surface area contributed by atoms with Crippen LogP contribution in [0, 0.1) is 0 Å². The summed E-state index contributed by atoms with van der Waals surface area (Å²) in [6.45, 7) is 6.83. The first kappa shape index (κ1) is 12.6. The number of nitrogens with zero attached hydrogens (tertiary/aromatic N) is 2. The summed E-state index contributed by atoms with van der Waals surface area (Å²) in [4.78, 5) is 4.38. The van der Waals surface area contributed by atoms with Gasteiger partial charge in [-0.15, -0.1) is 0 Å². The van der Waals surface area contributed by atoms with E-state index in [0.717, 1.165) is 12.1 Å². The van der Waals surface area contributed by atoms with Crippen molar-refractivity contribution in [1.82, 2.24) is 15.5 Å². The van der Waals surface area contributed by atoms with E-state index in [2.05, 4.69) is 15.5 Å². The van der Waals surface area contributed by atoms with Crippen LogP contribution < -0.4 is 5.32 Å². The zero-order chi connectivity index (χ0) is 13.2. The van der Waals surface area contributed by atoms with Crippen LogP contribution in [0.25, 0.3) is 11.4 Å². The molecule has 2 N–H and O–H groups in total. The third kappa shape index (κ3) is 2.51. The van der Waals surface area contributed by atoms with Gasteiger partial charge in [0.25, 0.3) is 0 Å². The number of nitrogens with one attached hydrogen (secondary N) is 1. The zero-order valence-electron chi connectivity index (χ0n) is 10.8. The fraction of sp³-hybridized carbons (Fsp3) is 0.385. The Morgan fingerprint density at radius 1 is 1.28 bits per heavy atom. The number of rotatable bonds is 4. The van der Waals surface area contributed by atoms with E-state index in [9.17, 15) is 5.11 Å². The molecule has 2 aromatic rings. The number of benzene rings is 1. The van der Waals surface area contributed by atoms with Gasteiger partial charge in [-0.1, -0.05) is 12.1 Å². The molecule has 0 spiro atoms.